The lowest BCUT2D eigenvalue weighted by Gasteiger charge is -2.07. The molecule has 2 aromatic carbocycles. The van der Waals surface area contributed by atoms with Crippen molar-refractivity contribution in [2.24, 2.45) is 0 Å². The zero-order valence-electron chi connectivity index (χ0n) is 13.9. The van der Waals surface area contributed by atoms with Crippen molar-refractivity contribution in [1.82, 2.24) is 10.9 Å². The van der Waals surface area contributed by atoms with Crippen LogP contribution in [0.3, 0.4) is 0 Å². The van der Waals surface area contributed by atoms with E-state index in [1.54, 1.807) is 49.4 Å². The molecule has 0 aliphatic rings. The molecule has 2 amide bonds. The van der Waals surface area contributed by atoms with Crippen LogP contribution in [0.1, 0.15) is 26.5 Å². The summed E-state index contributed by atoms with van der Waals surface area (Å²) in [4.78, 5) is 35.7. The normalized spacial score (nSPS) is 10.3. The van der Waals surface area contributed by atoms with E-state index in [4.69, 9.17) is 9.15 Å². The molecule has 7 heteroatoms. The molecule has 132 valence electrons. The van der Waals surface area contributed by atoms with Crippen LogP contribution in [0.4, 0.5) is 0 Å². The maximum absolute atomic E-state index is 12.1. The summed E-state index contributed by atoms with van der Waals surface area (Å²) in [6.45, 7) is 1.19. The molecule has 1 heterocycles. The van der Waals surface area contributed by atoms with Gasteiger partial charge in [0.05, 0.1) is 0 Å². The van der Waals surface area contributed by atoms with Gasteiger partial charge in [0.25, 0.3) is 11.8 Å². The molecule has 1 aromatic heterocycles. The summed E-state index contributed by atoms with van der Waals surface area (Å²) < 4.78 is 10.4. The van der Waals surface area contributed by atoms with E-state index >= 15 is 0 Å². The number of esters is 1. The molecular weight excluding hydrogens is 336 g/mol. The fourth-order valence-corrected chi connectivity index (χ4v) is 2.39. The van der Waals surface area contributed by atoms with Crippen molar-refractivity contribution >= 4 is 28.8 Å². The Kier molecular flexibility index (Phi) is 4.98. The van der Waals surface area contributed by atoms with E-state index in [-0.39, 0.29) is 5.76 Å². The molecule has 0 unspecified atom stereocenters. The van der Waals surface area contributed by atoms with Crippen molar-refractivity contribution in [3.05, 3.63) is 71.5 Å². The number of fused-ring (bicyclic) bond motifs is 1. The van der Waals surface area contributed by atoms with Gasteiger partial charge in [0.1, 0.15) is 5.58 Å². The number of furan rings is 1. The Balaban J connectivity index is 1.53. The number of hydrogen-bond acceptors (Lipinski definition) is 5. The Morgan fingerprint density at radius 2 is 1.65 bits per heavy atom. The van der Waals surface area contributed by atoms with Crippen molar-refractivity contribution in [1.29, 1.82) is 0 Å². The first-order chi connectivity index (χ1) is 12.6. The number of ether oxygens (including phenoxy) is 1. The van der Waals surface area contributed by atoms with Crippen molar-refractivity contribution in [3.63, 3.8) is 0 Å². The lowest BCUT2D eigenvalue weighted by molar-refractivity contribution is -0.125. The van der Waals surface area contributed by atoms with Gasteiger partial charge in [0, 0.05) is 16.5 Å². The van der Waals surface area contributed by atoms with Crippen molar-refractivity contribution < 1.29 is 23.5 Å². The molecule has 7 nitrogen and oxygen atoms in total. The Bertz CT molecular complexity index is 962. The lowest BCUT2D eigenvalue weighted by Crippen LogP contribution is -2.43. The van der Waals surface area contributed by atoms with Gasteiger partial charge in [0.15, 0.2) is 6.61 Å². The van der Waals surface area contributed by atoms with Gasteiger partial charge in [-0.15, -0.1) is 0 Å². The van der Waals surface area contributed by atoms with Crippen LogP contribution in [0.2, 0.25) is 0 Å². The smallest absolute Gasteiger partial charge is 0.375 e. The van der Waals surface area contributed by atoms with E-state index in [9.17, 15) is 14.4 Å². The average molecular weight is 352 g/mol. The molecule has 0 aliphatic carbocycles. The first-order valence-electron chi connectivity index (χ1n) is 7.86. The van der Waals surface area contributed by atoms with Crippen LogP contribution in [0.5, 0.6) is 0 Å². The molecule has 0 fully saturated rings. The maximum Gasteiger partial charge on any atom is 0.375 e. The third kappa shape index (κ3) is 3.72. The van der Waals surface area contributed by atoms with Crippen LogP contribution in [0.15, 0.2) is 59.0 Å². The Labute approximate surface area is 148 Å². The summed E-state index contributed by atoms with van der Waals surface area (Å²) in [5, 5.41) is 0.805. The van der Waals surface area contributed by atoms with Gasteiger partial charge in [-0.2, -0.15) is 0 Å². The van der Waals surface area contributed by atoms with Gasteiger partial charge in [-0.05, 0) is 25.1 Å². The quantitative estimate of drug-likeness (QED) is 0.555. The second-order valence-corrected chi connectivity index (χ2v) is 5.50. The van der Waals surface area contributed by atoms with E-state index in [2.05, 4.69) is 10.9 Å². The number of carbonyl (C=O) groups excluding carboxylic acids is 3. The van der Waals surface area contributed by atoms with Gasteiger partial charge < -0.3 is 9.15 Å². The molecule has 3 rings (SSSR count). The van der Waals surface area contributed by atoms with Gasteiger partial charge in [0.2, 0.25) is 5.76 Å². The van der Waals surface area contributed by atoms with Crippen LogP contribution in [-0.2, 0) is 9.53 Å². The first-order valence-corrected chi connectivity index (χ1v) is 7.86. The number of amides is 2. The number of hydrazine groups is 1. The van der Waals surface area contributed by atoms with E-state index in [0.717, 1.165) is 5.39 Å². The number of benzene rings is 2. The second kappa shape index (κ2) is 7.52. The fourth-order valence-electron chi connectivity index (χ4n) is 2.39. The standard InChI is InChI=1S/C19H16N2O5/c1-12-14-9-5-6-10-15(14)26-17(12)19(24)25-11-16(22)20-21-18(23)13-7-3-2-4-8-13/h2-10H,11H2,1H3,(H,20,22)(H,21,23). The van der Waals surface area contributed by atoms with Crippen molar-refractivity contribution in [2.45, 2.75) is 6.92 Å². The van der Waals surface area contributed by atoms with Gasteiger partial charge in [-0.3, -0.25) is 20.4 Å². The van der Waals surface area contributed by atoms with Crippen molar-refractivity contribution in [2.75, 3.05) is 6.61 Å². The predicted octanol–water partition coefficient (Wildman–Crippen LogP) is 2.36. The van der Waals surface area contributed by atoms with Crippen LogP contribution in [-0.4, -0.2) is 24.4 Å². The number of rotatable bonds is 4. The van der Waals surface area contributed by atoms with E-state index in [1.807, 2.05) is 12.1 Å². The average Bonchev–Trinajstić information content (AvgIpc) is 3.02. The third-order valence-electron chi connectivity index (χ3n) is 3.71. The molecule has 0 spiro atoms. The van der Waals surface area contributed by atoms with Gasteiger partial charge in [-0.1, -0.05) is 36.4 Å². The summed E-state index contributed by atoms with van der Waals surface area (Å²) in [6, 6.07) is 15.6. The highest BCUT2D eigenvalue weighted by molar-refractivity contribution is 5.97. The minimum Gasteiger partial charge on any atom is -0.450 e. The van der Waals surface area contributed by atoms with Gasteiger partial charge in [-0.25, -0.2) is 4.79 Å². The molecular formula is C19H16N2O5. The maximum atomic E-state index is 12.1. The highest BCUT2D eigenvalue weighted by Crippen LogP contribution is 2.25. The number of hydrogen-bond donors (Lipinski definition) is 2. The van der Waals surface area contributed by atoms with E-state index in [1.165, 1.54) is 0 Å². The van der Waals surface area contributed by atoms with Crippen molar-refractivity contribution in [3.8, 4) is 0 Å². The minimum absolute atomic E-state index is 0.0484. The van der Waals surface area contributed by atoms with Crippen LogP contribution in [0.25, 0.3) is 11.0 Å². The minimum atomic E-state index is -0.747. The molecule has 0 radical (unpaired) electrons. The van der Waals surface area contributed by atoms with E-state index < -0.39 is 24.4 Å². The topological polar surface area (TPSA) is 97.6 Å². The second-order valence-electron chi connectivity index (χ2n) is 5.50. The fraction of sp³-hybridized carbons (Fsp3) is 0.105. The summed E-state index contributed by atoms with van der Waals surface area (Å²) in [7, 11) is 0. The zero-order valence-corrected chi connectivity index (χ0v) is 13.9. The molecule has 0 saturated carbocycles. The first kappa shape index (κ1) is 17.2. The Morgan fingerprint density at radius 3 is 2.38 bits per heavy atom. The largest absolute Gasteiger partial charge is 0.450 e. The third-order valence-corrected chi connectivity index (χ3v) is 3.71. The van der Waals surface area contributed by atoms with Gasteiger partial charge >= 0.3 is 5.97 Å². The SMILES string of the molecule is Cc1c(C(=O)OCC(=O)NNC(=O)c2ccccc2)oc2ccccc12. The Morgan fingerprint density at radius 1 is 0.962 bits per heavy atom. The highest BCUT2D eigenvalue weighted by Gasteiger charge is 2.19. The molecule has 0 saturated heterocycles. The molecule has 26 heavy (non-hydrogen) atoms. The molecule has 3 aromatic rings. The summed E-state index contributed by atoms with van der Waals surface area (Å²) in [5.41, 5.74) is 6.02. The predicted molar refractivity (Wildman–Crippen MR) is 93.3 cm³/mol. The van der Waals surface area contributed by atoms with Crippen LogP contribution in [0, 0.1) is 6.92 Å². The zero-order chi connectivity index (χ0) is 18.5. The highest BCUT2D eigenvalue weighted by atomic mass is 16.5. The van der Waals surface area contributed by atoms with E-state index in [0.29, 0.717) is 16.7 Å². The molecule has 0 bridgehead atoms. The molecule has 2 N–H and O–H groups in total. The molecule has 0 aliphatic heterocycles. The summed E-state index contributed by atoms with van der Waals surface area (Å²) >= 11 is 0. The summed E-state index contributed by atoms with van der Waals surface area (Å²) in [5.74, 6) is -1.84. The number of carbonyl (C=O) groups is 3. The summed E-state index contributed by atoms with van der Waals surface area (Å²) in [6.07, 6.45) is 0. The number of nitrogens with one attached hydrogen (secondary N) is 2. The molecule has 0 atom stereocenters. The number of aryl methyl sites for hydroxylation is 1. The lowest BCUT2D eigenvalue weighted by atomic mass is 10.1. The van der Waals surface area contributed by atoms with Crippen LogP contribution < -0.4 is 10.9 Å². The monoisotopic (exact) mass is 352 g/mol. The Hall–Kier alpha value is -3.61. The van der Waals surface area contributed by atoms with Crippen LogP contribution >= 0.6 is 0 Å². The number of para-hydroxylation sites is 1.